The van der Waals surface area contributed by atoms with Crippen molar-refractivity contribution in [3.63, 3.8) is 0 Å². The van der Waals surface area contributed by atoms with Crippen molar-refractivity contribution < 1.29 is 14.3 Å². The van der Waals surface area contributed by atoms with E-state index >= 15 is 0 Å². The van der Waals surface area contributed by atoms with Crippen molar-refractivity contribution in [1.82, 2.24) is 9.97 Å². The van der Waals surface area contributed by atoms with Crippen molar-refractivity contribution in [2.75, 3.05) is 36.5 Å². The molecule has 0 radical (unpaired) electrons. The number of ether oxygens (including phenoxy) is 2. The molecule has 1 spiro atoms. The standard InChI is InChI=1S/C20H24N4O3/c1-2-15-5-3-4-6-16(15)22-18(25)17-7-10-21-19(23-17)24-11-8-20(9-12-24)26-13-14-27-20/h3-7,10H,2,8-9,11-14H2,1H3,(H,22,25). The second-order valence-electron chi connectivity index (χ2n) is 6.80. The molecule has 2 aliphatic rings. The van der Waals surface area contributed by atoms with Crippen molar-refractivity contribution in [3.8, 4) is 0 Å². The molecule has 1 amide bonds. The van der Waals surface area contributed by atoms with Crippen LogP contribution in [0.1, 0.15) is 35.8 Å². The second-order valence-corrected chi connectivity index (χ2v) is 6.80. The van der Waals surface area contributed by atoms with Gasteiger partial charge in [0.15, 0.2) is 5.79 Å². The summed E-state index contributed by atoms with van der Waals surface area (Å²) in [7, 11) is 0. The van der Waals surface area contributed by atoms with E-state index in [0.29, 0.717) is 24.9 Å². The van der Waals surface area contributed by atoms with E-state index in [1.165, 1.54) is 0 Å². The molecule has 0 aliphatic carbocycles. The first-order chi connectivity index (χ1) is 13.2. The zero-order valence-electron chi connectivity index (χ0n) is 15.5. The normalized spacial score (nSPS) is 18.6. The van der Waals surface area contributed by atoms with E-state index in [4.69, 9.17) is 9.47 Å². The number of nitrogens with one attached hydrogen (secondary N) is 1. The quantitative estimate of drug-likeness (QED) is 0.894. The van der Waals surface area contributed by atoms with Gasteiger partial charge >= 0.3 is 0 Å². The number of aryl methyl sites for hydroxylation is 1. The molecule has 2 aromatic rings. The Morgan fingerprint density at radius 3 is 2.67 bits per heavy atom. The predicted molar refractivity (Wildman–Crippen MR) is 102 cm³/mol. The number of rotatable bonds is 4. The van der Waals surface area contributed by atoms with Gasteiger partial charge in [-0.25, -0.2) is 9.97 Å². The van der Waals surface area contributed by atoms with Crippen molar-refractivity contribution >= 4 is 17.5 Å². The van der Waals surface area contributed by atoms with E-state index in [-0.39, 0.29) is 5.91 Å². The highest BCUT2D eigenvalue weighted by molar-refractivity contribution is 6.03. The van der Waals surface area contributed by atoms with Crippen LogP contribution in [-0.2, 0) is 15.9 Å². The van der Waals surface area contributed by atoms with Gasteiger partial charge < -0.3 is 19.7 Å². The molecule has 0 bridgehead atoms. The van der Waals surface area contributed by atoms with Gasteiger partial charge in [-0.2, -0.15) is 0 Å². The molecule has 2 fully saturated rings. The first-order valence-electron chi connectivity index (χ1n) is 9.44. The molecule has 1 N–H and O–H groups in total. The minimum atomic E-state index is -0.435. The number of benzene rings is 1. The highest BCUT2D eigenvalue weighted by Gasteiger charge is 2.40. The van der Waals surface area contributed by atoms with E-state index < -0.39 is 5.79 Å². The van der Waals surface area contributed by atoms with Gasteiger partial charge in [0.25, 0.3) is 5.91 Å². The highest BCUT2D eigenvalue weighted by atomic mass is 16.7. The molecule has 3 heterocycles. The average Bonchev–Trinajstić information content (AvgIpc) is 3.17. The first-order valence-corrected chi connectivity index (χ1v) is 9.44. The molecule has 27 heavy (non-hydrogen) atoms. The van der Waals surface area contributed by atoms with Crippen molar-refractivity contribution in [2.24, 2.45) is 0 Å². The van der Waals surface area contributed by atoms with Crippen LogP contribution in [0.25, 0.3) is 0 Å². The SMILES string of the molecule is CCc1ccccc1NC(=O)c1ccnc(N2CCC3(CC2)OCCO3)n1. The lowest BCUT2D eigenvalue weighted by Crippen LogP contribution is -2.45. The van der Waals surface area contributed by atoms with Gasteiger partial charge in [0.1, 0.15) is 5.69 Å². The Morgan fingerprint density at radius 2 is 1.93 bits per heavy atom. The van der Waals surface area contributed by atoms with E-state index in [2.05, 4.69) is 27.1 Å². The first kappa shape index (κ1) is 17.9. The third-order valence-corrected chi connectivity index (χ3v) is 5.14. The van der Waals surface area contributed by atoms with Gasteiger partial charge in [0.05, 0.1) is 13.2 Å². The number of carbonyl (C=O) groups is 1. The number of carbonyl (C=O) groups excluding carboxylic acids is 1. The topological polar surface area (TPSA) is 76.6 Å². The maximum absolute atomic E-state index is 12.7. The molecule has 0 saturated carbocycles. The molecule has 1 aromatic heterocycles. The van der Waals surface area contributed by atoms with Gasteiger partial charge in [-0.15, -0.1) is 0 Å². The van der Waals surface area contributed by atoms with E-state index in [1.807, 2.05) is 24.3 Å². The van der Waals surface area contributed by atoms with Crippen molar-refractivity contribution in [2.45, 2.75) is 32.0 Å². The fraction of sp³-hybridized carbons (Fsp3) is 0.450. The molecular formula is C20H24N4O3. The minimum absolute atomic E-state index is 0.226. The molecule has 7 heteroatoms. The van der Waals surface area contributed by atoms with Crippen LogP contribution in [0, 0.1) is 0 Å². The highest BCUT2D eigenvalue weighted by Crippen LogP contribution is 2.32. The molecule has 7 nitrogen and oxygen atoms in total. The van der Waals surface area contributed by atoms with Crippen LogP contribution < -0.4 is 10.2 Å². The van der Waals surface area contributed by atoms with Crippen molar-refractivity contribution in [3.05, 3.63) is 47.8 Å². The summed E-state index contributed by atoms with van der Waals surface area (Å²) in [5.74, 6) is -0.0928. The third kappa shape index (κ3) is 3.79. The van der Waals surface area contributed by atoms with Crippen LogP contribution in [0.4, 0.5) is 11.6 Å². The Morgan fingerprint density at radius 1 is 1.19 bits per heavy atom. The molecule has 2 aliphatic heterocycles. The predicted octanol–water partition coefficient (Wildman–Crippen LogP) is 2.63. The summed E-state index contributed by atoms with van der Waals surface area (Å²) in [4.78, 5) is 23.6. The fourth-order valence-corrected chi connectivity index (χ4v) is 3.60. The van der Waals surface area contributed by atoms with Gasteiger partial charge in [0, 0.05) is 37.8 Å². The van der Waals surface area contributed by atoms with Crippen LogP contribution >= 0.6 is 0 Å². The zero-order valence-corrected chi connectivity index (χ0v) is 15.5. The van der Waals surface area contributed by atoms with Crippen LogP contribution in [0.15, 0.2) is 36.5 Å². The molecule has 0 atom stereocenters. The maximum atomic E-state index is 12.7. The summed E-state index contributed by atoms with van der Waals surface area (Å²) in [6.45, 7) is 4.86. The summed E-state index contributed by atoms with van der Waals surface area (Å²) in [6, 6.07) is 9.44. The number of hydrogen-bond acceptors (Lipinski definition) is 6. The Balaban J connectivity index is 1.45. The number of aromatic nitrogens is 2. The summed E-state index contributed by atoms with van der Waals surface area (Å²) in [6.07, 6.45) is 4.04. The number of amides is 1. The van der Waals surface area contributed by atoms with Crippen LogP contribution in [0.5, 0.6) is 0 Å². The number of piperidine rings is 1. The van der Waals surface area contributed by atoms with Gasteiger partial charge in [-0.3, -0.25) is 4.79 Å². The fourth-order valence-electron chi connectivity index (χ4n) is 3.60. The molecule has 0 unspecified atom stereocenters. The Kier molecular flexibility index (Phi) is 5.05. The number of anilines is 2. The number of hydrogen-bond donors (Lipinski definition) is 1. The van der Waals surface area contributed by atoms with Crippen LogP contribution in [0.3, 0.4) is 0 Å². The molecule has 4 rings (SSSR count). The van der Waals surface area contributed by atoms with E-state index in [0.717, 1.165) is 43.6 Å². The second kappa shape index (κ2) is 7.62. The van der Waals surface area contributed by atoms with E-state index in [9.17, 15) is 4.79 Å². The van der Waals surface area contributed by atoms with Crippen LogP contribution in [0.2, 0.25) is 0 Å². The minimum Gasteiger partial charge on any atom is -0.347 e. The number of para-hydroxylation sites is 1. The summed E-state index contributed by atoms with van der Waals surface area (Å²) >= 11 is 0. The lowest BCUT2D eigenvalue weighted by molar-refractivity contribution is -0.169. The third-order valence-electron chi connectivity index (χ3n) is 5.14. The molecule has 1 aromatic carbocycles. The summed E-state index contributed by atoms with van der Waals surface area (Å²) < 4.78 is 11.5. The smallest absolute Gasteiger partial charge is 0.274 e. The molecule has 2 saturated heterocycles. The zero-order chi connectivity index (χ0) is 18.7. The lowest BCUT2D eigenvalue weighted by atomic mass is 10.0. The van der Waals surface area contributed by atoms with E-state index in [1.54, 1.807) is 12.3 Å². The molecular weight excluding hydrogens is 344 g/mol. The Bertz CT molecular complexity index is 810. The summed E-state index contributed by atoms with van der Waals surface area (Å²) in [5.41, 5.74) is 2.28. The van der Waals surface area contributed by atoms with Gasteiger partial charge in [-0.1, -0.05) is 25.1 Å². The Hall–Kier alpha value is -2.51. The average molecular weight is 368 g/mol. The maximum Gasteiger partial charge on any atom is 0.274 e. The van der Waals surface area contributed by atoms with Gasteiger partial charge in [-0.05, 0) is 24.1 Å². The Labute approximate surface area is 158 Å². The van der Waals surface area contributed by atoms with Crippen LogP contribution in [-0.4, -0.2) is 48.0 Å². The molecule has 142 valence electrons. The monoisotopic (exact) mass is 368 g/mol. The van der Waals surface area contributed by atoms with Crippen molar-refractivity contribution in [1.29, 1.82) is 0 Å². The largest absolute Gasteiger partial charge is 0.347 e. The number of nitrogens with zero attached hydrogens (tertiary/aromatic N) is 3. The van der Waals surface area contributed by atoms with Gasteiger partial charge in [0.2, 0.25) is 5.95 Å². The summed E-state index contributed by atoms with van der Waals surface area (Å²) in [5, 5.41) is 2.96. The lowest BCUT2D eigenvalue weighted by Gasteiger charge is -2.37.